The van der Waals surface area contributed by atoms with E-state index in [9.17, 15) is 0 Å². The molecule has 0 unspecified atom stereocenters. The first-order valence-corrected chi connectivity index (χ1v) is 5.80. The van der Waals surface area contributed by atoms with Crippen LogP contribution >= 0.6 is 0 Å². The molecule has 2 heteroatoms. The van der Waals surface area contributed by atoms with E-state index in [1.807, 2.05) is 12.1 Å². The molecule has 3 rings (SSSR count). The Morgan fingerprint density at radius 3 is 2.47 bits per heavy atom. The summed E-state index contributed by atoms with van der Waals surface area (Å²) in [6.07, 6.45) is 0. The van der Waals surface area contributed by atoms with Gasteiger partial charge < -0.3 is 0 Å². The van der Waals surface area contributed by atoms with Gasteiger partial charge in [0.25, 0.3) is 0 Å². The summed E-state index contributed by atoms with van der Waals surface area (Å²) >= 11 is 0. The van der Waals surface area contributed by atoms with Gasteiger partial charge >= 0.3 is 0 Å². The van der Waals surface area contributed by atoms with Crippen molar-refractivity contribution in [3.63, 3.8) is 0 Å². The number of aryl methyl sites for hydroxylation is 3. The van der Waals surface area contributed by atoms with E-state index in [1.54, 1.807) is 0 Å². The van der Waals surface area contributed by atoms with E-state index in [4.69, 9.17) is 0 Å². The second kappa shape index (κ2) is 3.52. The zero-order valence-electron chi connectivity index (χ0n) is 10.3. The molecule has 1 heterocycles. The highest BCUT2D eigenvalue weighted by atomic mass is 15.1. The molecule has 17 heavy (non-hydrogen) atoms. The summed E-state index contributed by atoms with van der Waals surface area (Å²) in [4.78, 5) is 0. The van der Waals surface area contributed by atoms with E-state index in [0.29, 0.717) is 0 Å². The molecule has 0 N–H and O–H groups in total. The van der Waals surface area contributed by atoms with Crippen LogP contribution in [0, 0.1) is 20.8 Å². The summed E-state index contributed by atoms with van der Waals surface area (Å²) in [7, 11) is 0. The number of nitrogens with zero attached hydrogens (tertiary/aromatic N) is 2. The SMILES string of the molecule is Cc1cc(C)c2nnc3ccccc3c2c1C. The predicted octanol–water partition coefficient (Wildman–Crippen LogP) is 3.71. The van der Waals surface area contributed by atoms with Gasteiger partial charge in [-0.3, -0.25) is 0 Å². The van der Waals surface area contributed by atoms with Crippen molar-refractivity contribution in [3.05, 3.63) is 47.0 Å². The topological polar surface area (TPSA) is 25.8 Å². The van der Waals surface area contributed by atoms with Crippen LogP contribution in [-0.4, -0.2) is 10.2 Å². The van der Waals surface area contributed by atoms with Gasteiger partial charge in [-0.2, -0.15) is 0 Å². The average Bonchev–Trinajstić information content (AvgIpc) is 2.35. The summed E-state index contributed by atoms with van der Waals surface area (Å²) in [6.45, 7) is 6.40. The highest BCUT2D eigenvalue weighted by molar-refractivity contribution is 6.06. The van der Waals surface area contributed by atoms with Crippen LogP contribution in [0.3, 0.4) is 0 Å². The van der Waals surface area contributed by atoms with Crippen molar-refractivity contribution >= 4 is 21.8 Å². The number of rotatable bonds is 0. The van der Waals surface area contributed by atoms with Gasteiger partial charge in [-0.25, -0.2) is 0 Å². The monoisotopic (exact) mass is 222 g/mol. The first-order valence-electron chi connectivity index (χ1n) is 5.80. The smallest absolute Gasteiger partial charge is 0.0968 e. The first-order chi connectivity index (χ1) is 8.18. The van der Waals surface area contributed by atoms with Gasteiger partial charge in [0.05, 0.1) is 11.0 Å². The van der Waals surface area contributed by atoms with Gasteiger partial charge in [0, 0.05) is 10.8 Å². The Balaban J connectivity index is 2.65. The summed E-state index contributed by atoms with van der Waals surface area (Å²) in [5.41, 5.74) is 5.80. The molecule has 0 aliphatic carbocycles. The minimum absolute atomic E-state index is 0.966. The van der Waals surface area contributed by atoms with E-state index >= 15 is 0 Å². The largest absolute Gasteiger partial charge is 0.150 e. The molecule has 0 atom stereocenters. The third-order valence-electron chi connectivity index (χ3n) is 3.44. The molecule has 0 aliphatic heterocycles. The Morgan fingerprint density at radius 2 is 1.65 bits per heavy atom. The van der Waals surface area contributed by atoms with Crippen molar-refractivity contribution in [2.75, 3.05) is 0 Å². The lowest BCUT2D eigenvalue weighted by Crippen LogP contribution is -1.94. The van der Waals surface area contributed by atoms with Crippen LogP contribution < -0.4 is 0 Å². The lowest BCUT2D eigenvalue weighted by Gasteiger charge is -2.10. The number of fused-ring (bicyclic) bond motifs is 3. The number of benzene rings is 2. The number of hydrogen-bond acceptors (Lipinski definition) is 2. The Hall–Kier alpha value is -1.96. The molecule has 84 valence electrons. The quantitative estimate of drug-likeness (QED) is 0.542. The van der Waals surface area contributed by atoms with E-state index in [0.717, 1.165) is 11.0 Å². The Kier molecular flexibility index (Phi) is 2.11. The fourth-order valence-corrected chi connectivity index (χ4v) is 2.41. The fraction of sp³-hybridized carbons (Fsp3) is 0.200. The van der Waals surface area contributed by atoms with Gasteiger partial charge in [0.2, 0.25) is 0 Å². The van der Waals surface area contributed by atoms with Crippen molar-refractivity contribution in [1.82, 2.24) is 10.2 Å². The molecule has 0 fully saturated rings. The molecule has 0 saturated heterocycles. The van der Waals surface area contributed by atoms with Crippen LogP contribution in [0.4, 0.5) is 0 Å². The van der Waals surface area contributed by atoms with E-state index < -0.39 is 0 Å². The molecule has 2 nitrogen and oxygen atoms in total. The minimum atomic E-state index is 0.966. The Morgan fingerprint density at radius 1 is 0.882 bits per heavy atom. The number of aromatic nitrogens is 2. The lowest BCUT2D eigenvalue weighted by molar-refractivity contribution is 1.11. The first kappa shape index (κ1) is 10.2. The molecular formula is C15H14N2. The number of hydrogen-bond donors (Lipinski definition) is 0. The van der Waals surface area contributed by atoms with Gasteiger partial charge in [-0.05, 0) is 43.5 Å². The van der Waals surface area contributed by atoms with Crippen molar-refractivity contribution in [3.8, 4) is 0 Å². The van der Waals surface area contributed by atoms with Crippen molar-refractivity contribution < 1.29 is 0 Å². The maximum absolute atomic E-state index is 4.36. The maximum atomic E-state index is 4.36. The molecule has 2 aromatic carbocycles. The van der Waals surface area contributed by atoms with Crippen molar-refractivity contribution in [1.29, 1.82) is 0 Å². The summed E-state index contributed by atoms with van der Waals surface area (Å²) in [5.74, 6) is 0. The van der Waals surface area contributed by atoms with E-state index in [-0.39, 0.29) is 0 Å². The molecule has 0 radical (unpaired) electrons. The van der Waals surface area contributed by atoms with Crippen LogP contribution in [0.1, 0.15) is 16.7 Å². The second-order valence-electron chi connectivity index (χ2n) is 4.58. The molecule has 0 spiro atoms. The average molecular weight is 222 g/mol. The minimum Gasteiger partial charge on any atom is -0.150 e. The maximum Gasteiger partial charge on any atom is 0.0968 e. The third kappa shape index (κ3) is 1.41. The summed E-state index contributed by atoms with van der Waals surface area (Å²) in [6, 6.07) is 10.4. The van der Waals surface area contributed by atoms with Gasteiger partial charge in [0.15, 0.2) is 0 Å². The summed E-state index contributed by atoms with van der Waals surface area (Å²) < 4.78 is 0. The zero-order valence-corrected chi connectivity index (χ0v) is 10.3. The standard InChI is InChI=1S/C15H14N2/c1-9-8-10(2)15-14(11(9)3)12-6-4-5-7-13(12)16-17-15/h4-8H,1-3H3. The normalized spacial score (nSPS) is 11.2. The van der Waals surface area contributed by atoms with E-state index in [2.05, 4.69) is 49.2 Å². The van der Waals surface area contributed by atoms with E-state index in [1.165, 1.54) is 27.5 Å². The molecule has 0 aliphatic rings. The van der Waals surface area contributed by atoms with Crippen LogP contribution in [-0.2, 0) is 0 Å². The van der Waals surface area contributed by atoms with Crippen LogP contribution in [0.5, 0.6) is 0 Å². The highest BCUT2D eigenvalue weighted by Crippen LogP contribution is 2.29. The second-order valence-corrected chi connectivity index (χ2v) is 4.58. The Bertz CT molecular complexity index is 730. The molecular weight excluding hydrogens is 208 g/mol. The van der Waals surface area contributed by atoms with Gasteiger partial charge in [0.1, 0.15) is 0 Å². The van der Waals surface area contributed by atoms with Crippen LogP contribution in [0.25, 0.3) is 21.8 Å². The van der Waals surface area contributed by atoms with Gasteiger partial charge in [-0.1, -0.05) is 24.3 Å². The van der Waals surface area contributed by atoms with Crippen molar-refractivity contribution in [2.24, 2.45) is 0 Å². The van der Waals surface area contributed by atoms with Gasteiger partial charge in [-0.15, -0.1) is 10.2 Å². The van der Waals surface area contributed by atoms with Crippen LogP contribution in [0.15, 0.2) is 30.3 Å². The summed E-state index contributed by atoms with van der Waals surface area (Å²) in [5, 5.41) is 11.1. The third-order valence-corrected chi connectivity index (χ3v) is 3.44. The molecule has 0 saturated carbocycles. The van der Waals surface area contributed by atoms with Crippen LogP contribution in [0.2, 0.25) is 0 Å². The molecule has 0 amide bonds. The molecule has 3 aromatic rings. The van der Waals surface area contributed by atoms with Crippen molar-refractivity contribution in [2.45, 2.75) is 20.8 Å². The lowest BCUT2D eigenvalue weighted by atomic mass is 9.98. The molecule has 1 aromatic heterocycles. The zero-order chi connectivity index (χ0) is 12.0. The predicted molar refractivity (Wildman–Crippen MR) is 71.3 cm³/mol. The Labute approximate surface area is 100 Å². The highest BCUT2D eigenvalue weighted by Gasteiger charge is 2.09. The fourth-order valence-electron chi connectivity index (χ4n) is 2.41. The molecule has 0 bridgehead atoms.